The Labute approximate surface area is 179 Å². The molecule has 0 radical (unpaired) electrons. The van der Waals surface area contributed by atoms with Gasteiger partial charge in [-0.25, -0.2) is 0 Å². The Bertz CT molecular complexity index is 1680. The Morgan fingerprint density at radius 3 is 2.40 bits per heavy atom. The molecule has 2 heterocycles. The lowest BCUT2D eigenvalue weighted by molar-refractivity contribution is 0.661. The van der Waals surface area contributed by atoms with Crippen molar-refractivity contribution in [2.45, 2.75) is 19.3 Å². The molecule has 0 unspecified atom stereocenters. The van der Waals surface area contributed by atoms with E-state index in [1.165, 1.54) is 64.2 Å². The molecule has 1 aliphatic carbocycles. The van der Waals surface area contributed by atoms with E-state index in [9.17, 15) is 0 Å². The molecule has 1 aliphatic rings. The molecule has 0 saturated heterocycles. The molecule has 7 rings (SSSR count). The van der Waals surface area contributed by atoms with Crippen LogP contribution in [0.2, 0.25) is 0 Å². The number of hydrogen-bond donors (Lipinski definition) is 0. The second kappa shape index (κ2) is 5.33. The highest BCUT2D eigenvalue weighted by atomic mass is 32.1. The zero-order valence-corrected chi connectivity index (χ0v) is 18.1. The summed E-state index contributed by atoms with van der Waals surface area (Å²) in [5, 5.41) is 5.49. The second-order valence-corrected chi connectivity index (χ2v) is 10.2. The lowest BCUT2D eigenvalue weighted by Crippen LogP contribution is -2.14. The Balaban J connectivity index is 1.68. The number of para-hydroxylation sites is 1. The first-order valence-electron chi connectivity index (χ1n) is 10.5. The van der Waals surface area contributed by atoms with Crippen LogP contribution in [0.5, 0.6) is 0 Å². The van der Waals surface area contributed by atoms with Crippen molar-refractivity contribution >= 4 is 53.3 Å². The van der Waals surface area contributed by atoms with Gasteiger partial charge in [0.05, 0.1) is 5.52 Å². The molecule has 0 fully saturated rings. The van der Waals surface area contributed by atoms with E-state index in [2.05, 4.69) is 98.3 Å². The fourth-order valence-corrected chi connectivity index (χ4v) is 6.85. The van der Waals surface area contributed by atoms with E-state index in [1.807, 2.05) is 11.3 Å². The third-order valence-corrected chi connectivity index (χ3v) is 8.32. The van der Waals surface area contributed by atoms with Crippen LogP contribution in [0.3, 0.4) is 0 Å². The van der Waals surface area contributed by atoms with Crippen molar-refractivity contribution in [3.63, 3.8) is 0 Å². The molecule has 0 spiro atoms. The van der Waals surface area contributed by atoms with Gasteiger partial charge in [-0.15, -0.1) is 11.3 Å². The Morgan fingerprint density at radius 1 is 0.700 bits per heavy atom. The highest BCUT2D eigenvalue weighted by Crippen LogP contribution is 2.52. The zero-order valence-electron chi connectivity index (χ0n) is 17.3. The standard InChI is InChI=1S/C28H21NS/c1-28(2)21-10-6-4-8-16(21)19-15-25-20(14-22(19)28)26-24(30-25)13-12-18-17-9-5-7-11-23(17)29(3)27(18)26/h4-15H,1-3H3. The van der Waals surface area contributed by atoms with Crippen LogP contribution in [0, 0.1) is 0 Å². The van der Waals surface area contributed by atoms with Gasteiger partial charge >= 0.3 is 0 Å². The summed E-state index contributed by atoms with van der Waals surface area (Å²) in [6.45, 7) is 4.73. The molecule has 2 heteroatoms. The number of aryl methyl sites for hydroxylation is 1. The van der Waals surface area contributed by atoms with Gasteiger partial charge in [0.15, 0.2) is 0 Å². The maximum Gasteiger partial charge on any atom is 0.0583 e. The first-order chi connectivity index (χ1) is 14.6. The smallest absolute Gasteiger partial charge is 0.0583 e. The summed E-state index contributed by atoms with van der Waals surface area (Å²) in [5.41, 5.74) is 8.38. The van der Waals surface area contributed by atoms with Gasteiger partial charge in [0.25, 0.3) is 0 Å². The number of hydrogen-bond acceptors (Lipinski definition) is 1. The fourth-order valence-electron chi connectivity index (χ4n) is 5.72. The van der Waals surface area contributed by atoms with Crippen LogP contribution in [0.15, 0.2) is 72.8 Å². The van der Waals surface area contributed by atoms with Crippen molar-refractivity contribution in [2.75, 3.05) is 0 Å². The first kappa shape index (κ1) is 16.7. The van der Waals surface area contributed by atoms with Gasteiger partial charge in [-0.2, -0.15) is 0 Å². The normalized spacial score (nSPS) is 14.8. The van der Waals surface area contributed by atoms with E-state index in [-0.39, 0.29) is 5.41 Å². The molecule has 144 valence electrons. The van der Waals surface area contributed by atoms with Crippen LogP contribution in [-0.2, 0) is 12.5 Å². The summed E-state index contributed by atoms with van der Waals surface area (Å²) in [5.74, 6) is 0. The SMILES string of the molecule is Cn1c2ccccc2c2ccc3sc4cc5c(cc4c3c21)C(C)(C)c1ccccc1-5. The van der Waals surface area contributed by atoms with E-state index < -0.39 is 0 Å². The van der Waals surface area contributed by atoms with Crippen molar-refractivity contribution in [3.05, 3.63) is 83.9 Å². The molecular weight excluding hydrogens is 382 g/mol. The third kappa shape index (κ3) is 1.84. The monoisotopic (exact) mass is 403 g/mol. The third-order valence-electron chi connectivity index (χ3n) is 7.20. The van der Waals surface area contributed by atoms with E-state index >= 15 is 0 Å². The lowest BCUT2D eigenvalue weighted by atomic mass is 9.82. The predicted molar refractivity (Wildman–Crippen MR) is 131 cm³/mol. The summed E-state index contributed by atoms with van der Waals surface area (Å²) in [7, 11) is 2.21. The molecule has 0 amide bonds. The number of fused-ring (bicyclic) bond motifs is 10. The number of nitrogens with zero attached hydrogens (tertiary/aromatic N) is 1. The number of rotatable bonds is 0. The Morgan fingerprint density at radius 2 is 1.50 bits per heavy atom. The van der Waals surface area contributed by atoms with Gasteiger partial charge in [-0.3, -0.25) is 0 Å². The maximum absolute atomic E-state index is 2.49. The molecule has 4 aromatic carbocycles. The molecule has 6 aromatic rings. The summed E-state index contributed by atoms with van der Waals surface area (Å²) in [4.78, 5) is 0. The quantitative estimate of drug-likeness (QED) is 0.242. The summed E-state index contributed by atoms with van der Waals surface area (Å²) in [6, 6.07) is 27.2. The Hall–Kier alpha value is -3.10. The minimum atomic E-state index is 0.0290. The topological polar surface area (TPSA) is 4.93 Å². The molecule has 1 nitrogen and oxygen atoms in total. The molecule has 2 aromatic heterocycles. The minimum absolute atomic E-state index is 0.0290. The molecule has 0 N–H and O–H groups in total. The van der Waals surface area contributed by atoms with Crippen LogP contribution in [-0.4, -0.2) is 4.57 Å². The van der Waals surface area contributed by atoms with Gasteiger partial charge in [0.1, 0.15) is 0 Å². The Kier molecular flexibility index (Phi) is 2.96. The van der Waals surface area contributed by atoms with Crippen molar-refractivity contribution in [3.8, 4) is 11.1 Å². The zero-order chi connectivity index (χ0) is 20.2. The molecule has 0 bridgehead atoms. The van der Waals surface area contributed by atoms with E-state index in [1.54, 1.807) is 0 Å². The number of aromatic nitrogens is 1. The van der Waals surface area contributed by atoms with E-state index in [0.29, 0.717) is 0 Å². The van der Waals surface area contributed by atoms with Crippen LogP contribution >= 0.6 is 11.3 Å². The van der Waals surface area contributed by atoms with Gasteiger partial charge in [0, 0.05) is 48.9 Å². The van der Waals surface area contributed by atoms with Gasteiger partial charge in [0.2, 0.25) is 0 Å². The molecule has 30 heavy (non-hydrogen) atoms. The summed E-state index contributed by atoms with van der Waals surface area (Å²) >= 11 is 1.92. The highest BCUT2D eigenvalue weighted by molar-refractivity contribution is 7.26. The molecule has 0 saturated carbocycles. The molecular formula is C28H21NS. The largest absolute Gasteiger partial charge is 0.343 e. The van der Waals surface area contributed by atoms with Crippen LogP contribution in [0.4, 0.5) is 0 Å². The predicted octanol–water partition coefficient (Wildman–Crippen LogP) is 8.01. The van der Waals surface area contributed by atoms with Gasteiger partial charge in [-0.05, 0) is 46.5 Å². The highest BCUT2D eigenvalue weighted by Gasteiger charge is 2.35. The first-order valence-corrected chi connectivity index (χ1v) is 11.3. The average Bonchev–Trinajstić information content (AvgIpc) is 3.34. The fraction of sp³-hybridized carbons (Fsp3) is 0.143. The molecule has 0 aliphatic heterocycles. The van der Waals surface area contributed by atoms with E-state index in [0.717, 1.165) is 0 Å². The van der Waals surface area contributed by atoms with Crippen molar-refractivity contribution in [1.29, 1.82) is 0 Å². The molecule has 0 atom stereocenters. The second-order valence-electron chi connectivity index (χ2n) is 9.08. The van der Waals surface area contributed by atoms with Gasteiger partial charge < -0.3 is 4.57 Å². The average molecular weight is 404 g/mol. The van der Waals surface area contributed by atoms with Crippen LogP contribution in [0.1, 0.15) is 25.0 Å². The maximum atomic E-state index is 2.49. The minimum Gasteiger partial charge on any atom is -0.343 e. The van der Waals surface area contributed by atoms with Crippen molar-refractivity contribution in [1.82, 2.24) is 4.57 Å². The number of benzene rings is 4. The number of thiophene rings is 1. The van der Waals surface area contributed by atoms with Crippen molar-refractivity contribution < 1.29 is 0 Å². The summed E-state index contributed by atoms with van der Waals surface area (Å²) < 4.78 is 5.14. The summed E-state index contributed by atoms with van der Waals surface area (Å²) in [6.07, 6.45) is 0. The van der Waals surface area contributed by atoms with Crippen LogP contribution in [0.25, 0.3) is 53.1 Å². The van der Waals surface area contributed by atoms with Crippen molar-refractivity contribution in [2.24, 2.45) is 7.05 Å². The lowest BCUT2D eigenvalue weighted by Gasteiger charge is -2.21. The van der Waals surface area contributed by atoms with Crippen LogP contribution < -0.4 is 0 Å². The van der Waals surface area contributed by atoms with Gasteiger partial charge in [-0.1, -0.05) is 62.4 Å². The van der Waals surface area contributed by atoms with E-state index in [4.69, 9.17) is 0 Å².